The van der Waals surface area contributed by atoms with Gasteiger partial charge in [-0.25, -0.2) is 9.48 Å². The smallest absolute Gasteiger partial charge is 0.331 e. The van der Waals surface area contributed by atoms with Crippen LogP contribution in [0.3, 0.4) is 0 Å². The Bertz CT molecular complexity index is 1520. The molecule has 43 heavy (non-hydrogen) atoms. The topological polar surface area (TPSA) is 96.2 Å². The second kappa shape index (κ2) is 12.1. The van der Waals surface area contributed by atoms with Crippen molar-refractivity contribution in [1.29, 1.82) is 0 Å². The maximum atomic E-state index is 13.6. The van der Waals surface area contributed by atoms with E-state index in [-0.39, 0.29) is 12.3 Å². The third-order valence-electron chi connectivity index (χ3n) is 7.55. The molecule has 2 aromatic carbocycles. The summed E-state index contributed by atoms with van der Waals surface area (Å²) in [5.74, 6) is -0.592. The van der Waals surface area contributed by atoms with Crippen LogP contribution in [0.15, 0.2) is 53.8 Å². The summed E-state index contributed by atoms with van der Waals surface area (Å²) < 4.78 is 7.22. The third-order valence-corrected chi connectivity index (χ3v) is 8.34. The average Bonchev–Trinajstić information content (AvgIpc) is 3.61. The van der Waals surface area contributed by atoms with Gasteiger partial charge in [0.2, 0.25) is 0 Å². The van der Waals surface area contributed by atoms with Crippen molar-refractivity contribution in [3.05, 3.63) is 69.4 Å². The molecule has 3 aromatic rings. The zero-order chi connectivity index (χ0) is 31.1. The molecule has 3 heterocycles. The highest BCUT2D eigenvalue weighted by atomic mass is 35.5. The fraction of sp³-hybridized carbons (Fsp3) is 0.433. The summed E-state index contributed by atoms with van der Waals surface area (Å²) in [6.45, 7) is 11.8. The number of para-hydroxylation sites is 1. The number of amides is 1. The molecule has 2 aliphatic rings. The molecule has 0 saturated carbocycles. The monoisotopic (exact) mass is 645 g/mol. The van der Waals surface area contributed by atoms with Gasteiger partial charge in [0, 0.05) is 37.6 Å². The van der Waals surface area contributed by atoms with Gasteiger partial charge >= 0.3 is 5.97 Å². The Hall–Kier alpha value is -3.18. The fourth-order valence-electron chi connectivity index (χ4n) is 5.23. The normalized spacial score (nSPS) is 18.1. The molecule has 0 bridgehead atoms. The average molecular weight is 647 g/mol. The largest absolute Gasteiger partial charge is 0.458 e. The van der Waals surface area contributed by atoms with Crippen molar-refractivity contribution in [2.45, 2.75) is 58.2 Å². The van der Waals surface area contributed by atoms with Gasteiger partial charge in [0.15, 0.2) is 6.04 Å². The summed E-state index contributed by atoms with van der Waals surface area (Å²) in [5, 5.41) is 16.1. The molecule has 1 saturated heterocycles. The molecular formula is C30H34Cl3N7O3. The number of hydrogen-bond acceptors (Lipinski definition) is 8. The minimum atomic E-state index is -0.717. The van der Waals surface area contributed by atoms with Crippen LogP contribution in [0, 0.1) is 0 Å². The van der Waals surface area contributed by atoms with Crippen molar-refractivity contribution in [3.8, 4) is 5.69 Å². The van der Waals surface area contributed by atoms with E-state index in [1.165, 1.54) is 0 Å². The van der Waals surface area contributed by atoms with Gasteiger partial charge in [-0.3, -0.25) is 14.7 Å². The van der Waals surface area contributed by atoms with Crippen LogP contribution in [0.25, 0.3) is 5.69 Å². The second-order valence-corrected chi connectivity index (χ2v) is 13.3. The van der Waals surface area contributed by atoms with Gasteiger partial charge in [0.1, 0.15) is 22.7 Å². The van der Waals surface area contributed by atoms with Crippen molar-refractivity contribution in [2.24, 2.45) is 5.10 Å². The number of carbonyl (C=O) groups is 2. The van der Waals surface area contributed by atoms with Crippen LogP contribution in [0.1, 0.15) is 46.7 Å². The molecular weight excluding hydrogens is 613 g/mol. The summed E-state index contributed by atoms with van der Waals surface area (Å²) in [7, 11) is 0. The number of hydrogen-bond donors (Lipinski definition) is 0. The highest BCUT2D eigenvalue weighted by Gasteiger charge is 2.41. The van der Waals surface area contributed by atoms with E-state index >= 15 is 0 Å². The van der Waals surface area contributed by atoms with Crippen LogP contribution in [-0.2, 0) is 19.9 Å². The van der Waals surface area contributed by atoms with Crippen molar-refractivity contribution >= 4 is 58.1 Å². The minimum absolute atomic E-state index is 0.174. The molecule has 1 unspecified atom stereocenters. The first-order valence-corrected chi connectivity index (χ1v) is 15.1. The quantitative estimate of drug-likeness (QED) is 0.323. The number of halogens is 3. The molecule has 0 aliphatic carbocycles. The van der Waals surface area contributed by atoms with Gasteiger partial charge < -0.3 is 9.64 Å². The fourth-order valence-corrected chi connectivity index (χ4v) is 6.22. The predicted octanol–water partition coefficient (Wildman–Crippen LogP) is 5.58. The molecule has 0 N–H and O–H groups in total. The lowest BCUT2D eigenvalue weighted by Gasteiger charge is -2.43. The van der Waals surface area contributed by atoms with Crippen molar-refractivity contribution in [2.75, 3.05) is 31.2 Å². The molecule has 2 aliphatic heterocycles. The van der Waals surface area contributed by atoms with Crippen LogP contribution in [0.5, 0.6) is 0 Å². The Morgan fingerprint density at radius 1 is 0.930 bits per heavy atom. The van der Waals surface area contributed by atoms with Crippen molar-refractivity contribution in [1.82, 2.24) is 24.8 Å². The third kappa shape index (κ3) is 6.67. The van der Waals surface area contributed by atoms with E-state index in [0.29, 0.717) is 52.6 Å². The molecule has 13 heteroatoms. The number of rotatable bonds is 6. The van der Waals surface area contributed by atoms with E-state index in [1.54, 1.807) is 32.9 Å². The Morgan fingerprint density at radius 3 is 2.16 bits per heavy atom. The number of hydrazone groups is 1. The van der Waals surface area contributed by atoms with E-state index in [0.717, 1.165) is 11.4 Å². The van der Waals surface area contributed by atoms with Crippen LogP contribution < -0.4 is 5.01 Å². The van der Waals surface area contributed by atoms with E-state index in [4.69, 9.17) is 39.5 Å². The second-order valence-electron chi connectivity index (χ2n) is 12.1. The lowest BCUT2D eigenvalue weighted by atomic mass is 9.97. The van der Waals surface area contributed by atoms with Crippen molar-refractivity contribution in [3.63, 3.8) is 0 Å². The van der Waals surface area contributed by atoms with E-state index < -0.39 is 23.2 Å². The number of esters is 1. The molecule has 0 spiro atoms. The predicted molar refractivity (Wildman–Crippen MR) is 168 cm³/mol. The van der Waals surface area contributed by atoms with Gasteiger partial charge in [-0.05, 0) is 58.9 Å². The maximum absolute atomic E-state index is 13.6. The Balaban J connectivity index is 1.28. The molecule has 1 fully saturated rings. The highest BCUT2D eigenvalue weighted by molar-refractivity contribution is 6.41. The molecule has 1 aromatic heterocycles. The van der Waals surface area contributed by atoms with Gasteiger partial charge in [0.25, 0.3) is 5.91 Å². The lowest BCUT2D eigenvalue weighted by Crippen LogP contribution is -2.55. The molecule has 1 atom stereocenters. The first-order chi connectivity index (χ1) is 20.2. The van der Waals surface area contributed by atoms with Crippen LogP contribution in [0.2, 0.25) is 15.1 Å². The first kappa shape index (κ1) is 31.3. The van der Waals surface area contributed by atoms with Crippen LogP contribution in [-0.4, -0.2) is 80.2 Å². The molecule has 1 amide bonds. The maximum Gasteiger partial charge on any atom is 0.331 e. The number of piperazine rings is 1. The number of benzene rings is 2. The number of nitrogens with zero attached hydrogens (tertiary/aromatic N) is 7. The summed E-state index contributed by atoms with van der Waals surface area (Å²) in [4.78, 5) is 30.8. The number of carbonyl (C=O) groups excluding carboxylic acids is 2. The van der Waals surface area contributed by atoms with E-state index in [1.807, 2.05) is 51.1 Å². The number of ether oxygens (including phenoxy) is 1. The summed E-state index contributed by atoms with van der Waals surface area (Å²) in [6.07, 6.45) is 1.98. The van der Waals surface area contributed by atoms with Gasteiger partial charge in [-0.1, -0.05) is 58.2 Å². The molecule has 0 radical (unpaired) electrons. The Labute approximate surface area is 266 Å². The highest BCUT2D eigenvalue weighted by Crippen LogP contribution is 2.34. The number of aromatic nitrogens is 3. The Kier molecular flexibility index (Phi) is 8.77. The molecule has 10 nitrogen and oxygen atoms in total. The summed E-state index contributed by atoms with van der Waals surface area (Å²) in [6, 6.07) is 11.9. The first-order valence-electron chi connectivity index (χ1n) is 14.0. The van der Waals surface area contributed by atoms with Gasteiger partial charge in [-0.15, -0.1) is 5.10 Å². The standard InChI is InChI=1S/C30H34Cl3N7O3/c1-29(2,3)43-28(42)24-17-23(35-40(24)20-9-7-6-8-10-20)27(41)37-11-13-38(14-12-37)30(4,5)25-18-39(36-34-25)26-21(32)15-19(31)16-22(26)33/h6-10,15-16,18,24H,11-14,17H2,1-5H3. The van der Waals surface area contributed by atoms with Crippen LogP contribution >= 0.6 is 34.8 Å². The zero-order valence-electron chi connectivity index (χ0n) is 24.7. The zero-order valence-corrected chi connectivity index (χ0v) is 27.0. The van der Waals surface area contributed by atoms with Crippen LogP contribution in [0.4, 0.5) is 5.69 Å². The van der Waals surface area contributed by atoms with Gasteiger partial charge in [0.05, 0.1) is 27.5 Å². The van der Waals surface area contributed by atoms with Gasteiger partial charge in [-0.2, -0.15) is 5.10 Å². The van der Waals surface area contributed by atoms with Crippen molar-refractivity contribution < 1.29 is 14.3 Å². The molecule has 5 rings (SSSR count). The molecule has 228 valence electrons. The van der Waals surface area contributed by atoms with E-state index in [9.17, 15) is 9.59 Å². The number of anilines is 1. The summed E-state index contributed by atoms with van der Waals surface area (Å²) >= 11 is 18.9. The lowest BCUT2D eigenvalue weighted by molar-refractivity contribution is -0.156. The SMILES string of the molecule is CC(C)(C)OC(=O)C1CC(C(=O)N2CCN(C(C)(C)c3cn(-c4c(Cl)cc(Cl)cc4Cl)nn3)CC2)=NN1c1ccccc1. The Morgan fingerprint density at radius 2 is 1.56 bits per heavy atom. The van der Waals surface area contributed by atoms with E-state index in [2.05, 4.69) is 34.2 Å². The summed E-state index contributed by atoms with van der Waals surface area (Å²) in [5.41, 5.74) is 1.15. The minimum Gasteiger partial charge on any atom is -0.458 e.